The second kappa shape index (κ2) is 6.02. The highest BCUT2D eigenvalue weighted by atomic mass is 19.1. The molecule has 0 radical (unpaired) electrons. The van der Waals surface area contributed by atoms with Gasteiger partial charge < -0.3 is 25.3 Å². The van der Waals surface area contributed by atoms with Crippen LogP contribution in [0.2, 0.25) is 0 Å². The number of aliphatic hydroxyl groups is 2. The van der Waals surface area contributed by atoms with E-state index in [1.807, 2.05) is 6.92 Å². The summed E-state index contributed by atoms with van der Waals surface area (Å²) in [6, 6.07) is 0. The third kappa shape index (κ3) is 2.41. The Labute approximate surface area is 138 Å². The molecule has 8 heteroatoms. The summed E-state index contributed by atoms with van der Waals surface area (Å²) in [7, 11) is 0. The molecule has 0 amide bonds. The van der Waals surface area contributed by atoms with Crippen molar-refractivity contribution >= 4 is 16.9 Å². The van der Waals surface area contributed by atoms with E-state index in [1.165, 1.54) is 17.8 Å². The van der Waals surface area contributed by atoms with Crippen LogP contribution in [0, 0.1) is 11.8 Å². The number of halogens is 1. The molecular formula is C16H19FN4O3. The number of anilines is 1. The maximum atomic E-state index is 15.1. The molecule has 3 heterocycles. The molecule has 128 valence electrons. The normalized spacial score (nSPS) is 29.6. The van der Waals surface area contributed by atoms with Crippen molar-refractivity contribution in [2.24, 2.45) is 0 Å². The molecule has 3 rings (SSSR count). The van der Waals surface area contributed by atoms with Gasteiger partial charge in [0, 0.05) is 12.6 Å². The smallest absolute Gasteiger partial charge is 0.181 e. The van der Waals surface area contributed by atoms with Gasteiger partial charge in [-0.3, -0.25) is 0 Å². The molecule has 1 fully saturated rings. The van der Waals surface area contributed by atoms with Crippen molar-refractivity contribution in [3.63, 3.8) is 0 Å². The molecule has 4 atom stereocenters. The lowest BCUT2D eigenvalue weighted by Crippen LogP contribution is -2.40. The van der Waals surface area contributed by atoms with E-state index in [1.54, 1.807) is 6.20 Å². The van der Waals surface area contributed by atoms with Crippen LogP contribution in [0.5, 0.6) is 0 Å². The second-order valence-corrected chi connectivity index (χ2v) is 5.87. The van der Waals surface area contributed by atoms with Crippen LogP contribution < -0.4 is 5.73 Å². The standard InChI is InChI=1S/C16H19FN4O3/c1-3-4-5-9-6-21(14-11(9)13(18)19-8-20-14)15-16(2,17)12(23)10(7-22)24-15/h6,8,10,12,15,22-23H,3,7H2,1-2H3,(H2,18,19,20)/t10?,12-,15?,16?/m1/s1. The summed E-state index contributed by atoms with van der Waals surface area (Å²) in [6.07, 6.45) is -0.144. The van der Waals surface area contributed by atoms with Gasteiger partial charge in [0.05, 0.1) is 17.6 Å². The number of hydrogen-bond donors (Lipinski definition) is 3. The van der Waals surface area contributed by atoms with E-state index in [4.69, 9.17) is 10.5 Å². The van der Waals surface area contributed by atoms with E-state index < -0.39 is 30.7 Å². The van der Waals surface area contributed by atoms with Crippen LogP contribution in [0.25, 0.3) is 11.0 Å². The summed E-state index contributed by atoms with van der Waals surface area (Å²) in [6.45, 7) is 2.65. The van der Waals surface area contributed by atoms with Crippen molar-refractivity contribution in [2.75, 3.05) is 12.3 Å². The van der Waals surface area contributed by atoms with Crippen LogP contribution in [0.4, 0.5) is 10.2 Å². The highest BCUT2D eigenvalue weighted by Gasteiger charge is 2.55. The zero-order valence-electron chi connectivity index (χ0n) is 13.4. The first-order chi connectivity index (χ1) is 11.4. The summed E-state index contributed by atoms with van der Waals surface area (Å²) >= 11 is 0. The number of fused-ring (bicyclic) bond motifs is 1. The predicted octanol–water partition coefficient (Wildman–Crippen LogP) is 0.754. The van der Waals surface area contributed by atoms with Crippen LogP contribution >= 0.6 is 0 Å². The largest absolute Gasteiger partial charge is 0.394 e. The van der Waals surface area contributed by atoms with Crippen molar-refractivity contribution in [1.82, 2.24) is 14.5 Å². The fraction of sp³-hybridized carbons (Fsp3) is 0.500. The Morgan fingerprint density at radius 2 is 2.25 bits per heavy atom. The highest BCUT2D eigenvalue weighted by molar-refractivity contribution is 5.92. The average Bonchev–Trinajstić information content (AvgIpc) is 3.02. The minimum absolute atomic E-state index is 0.233. The third-order valence-corrected chi connectivity index (χ3v) is 4.19. The lowest BCUT2D eigenvalue weighted by atomic mass is 9.98. The molecule has 1 aliphatic heterocycles. The molecular weight excluding hydrogens is 315 g/mol. The van der Waals surface area contributed by atoms with Crippen LogP contribution in [-0.4, -0.2) is 49.2 Å². The molecule has 0 aliphatic carbocycles. The number of nitrogens with zero attached hydrogens (tertiary/aromatic N) is 3. The van der Waals surface area contributed by atoms with Crippen LogP contribution in [-0.2, 0) is 4.74 Å². The first-order valence-electron chi connectivity index (χ1n) is 7.65. The second-order valence-electron chi connectivity index (χ2n) is 5.87. The van der Waals surface area contributed by atoms with Crippen molar-refractivity contribution < 1.29 is 19.3 Å². The van der Waals surface area contributed by atoms with Gasteiger partial charge in [-0.05, 0) is 6.92 Å². The Bertz CT molecular complexity index is 824. The van der Waals surface area contributed by atoms with Gasteiger partial charge in [0.1, 0.15) is 30.0 Å². The fourth-order valence-corrected chi connectivity index (χ4v) is 2.93. The monoisotopic (exact) mass is 334 g/mol. The predicted molar refractivity (Wildman–Crippen MR) is 85.6 cm³/mol. The number of ether oxygens (including phenoxy) is 1. The van der Waals surface area contributed by atoms with Gasteiger partial charge in [0.25, 0.3) is 0 Å². The molecule has 7 nitrogen and oxygen atoms in total. The molecule has 0 spiro atoms. The summed E-state index contributed by atoms with van der Waals surface area (Å²) in [5.74, 6) is 6.14. The Hall–Kier alpha value is -2.21. The Morgan fingerprint density at radius 3 is 2.88 bits per heavy atom. The van der Waals surface area contributed by atoms with E-state index in [9.17, 15) is 10.2 Å². The topological polar surface area (TPSA) is 106 Å². The SMILES string of the molecule is CCC#Cc1cn(C2OC(CO)[C@@H](O)C2(C)F)c2ncnc(N)c12. The molecule has 1 aliphatic rings. The quantitative estimate of drug-likeness (QED) is 0.700. The number of alkyl halides is 1. The molecule has 0 saturated carbocycles. The first-order valence-corrected chi connectivity index (χ1v) is 7.65. The molecule has 2 aromatic rings. The molecule has 3 unspecified atom stereocenters. The van der Waals surface area contributed by atoms with Gasteiger partial charge in [-0.15, -0.1) is 0 Å². The van der Waals surface area contributed by atoms with Crippen molar-refractivity contribution in [2.45, 2.75) is 44.4 Å². The lowest BCUT2D eigenvalue weighted by Gasteiger charge is -2.25. The van der Waals surface area contributed by atoms with Gasteiger partial charge in [-0.25, -0.2) is 14.4 Å². The summed E-state index contributed by atoms with van der Waals surface area (Å²) in [4.78, 5) is 8.13. The molecule has 0 aromatic carbocycles. The maximum absolute atomic E-state index is 15.1. The van der Waals surface area contributed by atoms with Gasteiger partial charge in [-0.1, -0.05) is 18.8 Å². The highest BCUT2D eigenvalue weighted by Crippen LogP contribution is 2.43. The van der Waals surface area contributed by atoms with Crippen molar-refractivity contribution in [1.29, 1.82) is 0 Å². The Balaban J connectivity index is 2.19. The van der Waals surface area contributed by atoms with E-state index >= 15 is 4.39 Å². The zero-order chi connectivity index (χ0) is 17.5. The minimum Gasteiger partial charge on any atom is -0.394 e. The van der Waals surface area contributed by atoms with Crippen LogP contribution in [0.15, 0.2) is 12.5 Å². The van der Waals surface area contributed by atoms with Gasteiger partial charge in [0.15, 0.2) is 11.9 Å². The van der Waals surface area contributed by atoms with Crippen LogP contribution in [0.3, 0.4) is 0 Å². The molecule has 24 heavy (non-hydrogen) atoms. The van der Waals surface area contributed by atoms with E-state index in [0.29, 0.717) is 23.0 Å². The summed E-state index contributed by atoms with van der Waals surface area (Å²) < 4.78 is 22.0. The first kappa shape index (κ1) is 16.6. The van der Waals surface area contributed by atoms with Crippen molar-refractivity contribution in [3.05, 3.63) is 18.1 Å². The van der Waals surface area contributed by atoms with Crippen molar-refractivity contribution in [3.8, 4) is 11.8 Å². The van der Waals surface area contributed by atoms with Gasteiger partial charge in [-0.2, -0.15) is 0 Å². The molecule has 2 aromatic heterocycles. The fourth-order valence-electron chi connectivity index (χ4n) is 2.93. The number of aliphatic hydroxyl groups excluding tert-OH is 2. The number of nitrogens with two attached hydrogens (primary N) is 1. The number of nitrogen functional groups attached to an aromatic ring is 1. The number of rotatable bonds is 2. The zero-order valence-corrected chi connectivity index (χ0v) is 13.4. The Kier molecular flexibility index (Phi) is 4.17. The molecule has 1 saturated heterocycles. The average molecular weight is 334 g/mol. The number of hydrogen-bond acceptors (Lipinski definition) is 6. The molecule has 0 bridgehead atoms. The summed E-state index contributed by atoms with van der Waals surface area (Å²) in [5.41, 5.74) is 4.74. The Morgan fingerprint density at radius 1 is 1.50 bits per heavy atom. The van der Waals surface area contributed by atoms with Gasteiger partial charge >= 0.3 is 0 Å². The third-order valence-electron chi connectivity index (χ3n) is 4.19. The summed E-state index contributed by atoms with van der Waals surface area (Å²) in [5, 5.41) is 19.9. The maximum Gasteiger partial charge on any atom is 0.181 e. The van der Waals surface area contributed by atoms with Crippen LogP contribution in [0.1, 0.15) is 32.1 Å². The molecule has 4 N–H and O–H groups in total. The minimum atomic E-state index is -2.12. The van der Waals surface area contributed by atoms with Gasteiger partial charge in [0.2, 0.25) is 0 Å². The van der Waals surface area contributed by atoms with E-state index in [-0.39, 0.29) is 5.82 Å². The lowest BCUT2D eigenvalue weighted by molar-refractivity contribution is -0.0564. The number of aromatic nitrogens is 3. The van der Waals surface area contributed by atoms with E-state index in [2.05, 4.69) is 21.8 Å². The van der Waals surface area contributed by atoms with E-state index in [0.717, 1.165) is 0 Å².